The van der Waals surface area contributed by atoms with Gasteiger partial charge in [-0.25, -0.2) is 0 Å². The van der Waals surface area contributed by atoms with Crippen molar-refractivity contribution in [3.63, 3.8) is 0 Å². The second-order valence-electron chi connectivity index (χ2n) is 4.01. The first-order valence-electron chi connectivity index (χ1n) is 5.94. The van der Waals surface area contributed by atoms with Gasteiger partial charge in [-0.2, -0.15) is 0 Å². The highest BCUT2D eigenvalue weighted by Gasteiger charge is 2.09. The van der Waals surface area contributed by atoms with E-state index in [0.717, 1.165) is 23.1 Å². The normalized spacial score (nSPS) is 13.0. The van der Waals surface area contributed by atoms with E-state index in [1.165, 1.54) is 0 Å². The number of hydrogen-bond acceptors (Lipinski definition) is 3. The van der Waals surface area contributed by atoms with Crippen LogP contribution in [-0.2, 0) is 0 Å². The number of rotatable bonds is 7. The molecule has 17 heavy (non-hydrogen) atoms. The Hall–Kier alpha value is -0.420. The lowest BCUT2D eigenvalue weighted by atomic mass is 10.1. The van der Waals surface area contributed by atoms with Gasteiger partial charge in [0.05, 0.1) is 12.7 Å². The van der Waals surface area contributed by atoms with E-state index in [-0.39, 0.29) is 6.61 Å². The van der Waals surface area contributed by atoms with Crippen LogP contribution >= 0.6 is 15.9 Å². The zero-order valence-corrected chi connectivity index (χ0v) is 11.7. The van der Waals surface area contributed by atoms with Crippen molar-refractivity contribution in [3.8, 4) is 0 Å². The van der Waals surface area contributed by atoms with Gasteiger partial charge in [-0.05, 0) is 30.7 Å². The van der Waals surface area contributed by atoms with E-state index in [2.05, 4.69) is 27.8 Å². The molecule has 0 aliphatic carbocycles. The van der Waals surface area contributed by atoms with Gasteiger partial charge < -0.3 is 15.1 Å². The second kappa shape index (κ2) is 7.82. The summed E-state index contributed by atoms with van der Waals surface area (Å²) in [4.78, 5) is 2.13. The molecule has 0 saturated carbocycles. The molecule has 0 aromatic heterocycles. The Balaban J connectivity index is 2.43. The molecule has 0 aliphatic heterocycles. The Bertz CT molecular complexity index is 316. The quantitative estimate of drug-likeness (QED) is 0.811. The highest BCUT2D eigenvalue weighted by Crippen LogP contribution is 2.19. The van der Waals surface area contributed by atoms with Gasteiger partial charge in [0, 0.05) is 17.6 Å². The molecule has 0 fully saturated rings. The van der Waals surface area contributed by atoms with E-state index in [4.69, 9.17) is 5.11 Å². The molecule has 2 N–H and O–H groups in total. The highest BCUT2D eigenvalue weighted by atomic mass is 79.9. The summed E-state index contributed by atoms with van der Waals surface area (Å²) < 4.78 is 1.02. The van der Waals surface area contributed by atoms with Gasteiger partial charge in [-0.3, -0.25) is 0 Å². The van der Waals surface area contributed by atoms with Gasteiger partial charge in [-0.15, -0.1) is 0 Å². The highest BCUT2D eigenvalue weighted by molar-refractivity contribution is 9.10. The van der Waals surface area contributed by atoms with Crippen LogP contribution in [-0.4, -0.2) is 41.4 Å². The van der Waals surface area contributed by atoms with E-state index in [0.29, 0.717) is 13.0 Å². The Kier molecular flexibility index (Phi) is 6.73. The van der Waals surface area contributed by atoms with Crippen molar-refractivity contribution in [2.75, 3.05) is 26.2 Å². The van der Waals surface area contributed by atoms with Crippen LogP contribution in [0.15, 0.2) is 28.7 Å². The molecule has 3 nitrogen and oxygen atoms in total. The third-order valence-electron chi connectivity index (χ3n) is 2.84. The fraction of sp³-hybridized carbons (Fsp3) is 0.538. The molecule has 0 bridgehead atoms. The molecular formula is C13H20BrNO2. The average Bonchev–Trinajstić information content (AvgIpc) is 2.35. The summed E-state index contributed by atoms with van der Waals surface area (Å²) in [6.45, 7) is 4.59. The SMILES string of the molecule is CCN(CCO)CCC(O)c1ccc(Br)cc1. The third-order valence-corrected chi connectivity index (χ3v) is 3.37. The number of nitrogens with zero attached hydrogens (tertiary/aromatic N) is 1. The summed E-state index contributed by atoms with van der Waals surface area (Å²) >= 11 is 3.37. The summed E-state index contributed by atoms with van der Waals surface area (Å²) in [6, 6.07) is 7.72. The van der Waals surface area contributed by atoms with Crippen molar-refractivity contribution in [1.29, 1.82) is 0 Å². The second-order valence-corrected chi connectivity index (χ2v) is 4.93. The molecule has 1 unspecified atom stereocenters. The zero-order valence-electron chi connectivity index (χ0n) is 10.1. The predicted octanol–water partition coefficient (Wildman–Crippen LogP) is 2.19. The van der Waals surface area contributed by atoms with E-state index in [9.17, 15) is 5.11 Å². The van der Waals surface area contributed by atoms with E-state index >= 15 is 0 Å². The van der Waals surface area contributed by atoms with Gasteiger partial charge in [0.25, 0.3) is 0 Å². The van der Waals surface area contributed by atoms with Crippen LogP contribution < -0.4 is 0 Å². The zero-order chi connectivity index (χ0) is 12.7. The molecule has 0 saturated heterocycles. The summed E-state index contributed by atoms with van der Waals surface area (Å²) in [5, 5.41) is 18.9. The topological polar surface area (TPSA) is 43.7 Å². The standard InChI is InChI=1S/C13H20BrNO2/c1-2-15(9-10-16)8-7-13(17)11-3-5-12(14)6-4-11/h3-6,13,16-17H,2,7-10H2,1H3. The molecule has 1 atom stereocenters. The van der Waals surface area contributed by atoms with Crippen LogP contribution in [0.4, 0.5) is 0 Å². The monoisotopic (exact) mass is 301 g/mol. The Labute approximate surface area is 111 Å². The lowest BCUT2D eigenvalue weighted by Crippen LogP contribution is -2.28. The van der Waals surface area contributed by atoms with Crippen molar-refractivity contribution in [2.45, 2.75) is 19.4 Å². The fourth-order valence-electron chi connectivity index (χ4n) is 1.73. The van der Waals surface area contributed by atoms with E-state index in [1.807, 2.05) is 24.3 Å². The van der Waals surface area contributed by atoms with Gasteiger partial charge in [0.1, 0.15) is 0 Å². The van der Waals surface area contributed by atoms with Crippen LogP contribution in [0.2, 0.25) is 0 Å². The number of benzene rings is 1. The Morgan fingerprint density at radius 3 is 2.41 bits per heavy atom. The molecule has 1 aromatic carbocycles. The van der Waals surface area contributed by atoms with Crippen molar-refractivity contribution in [3.05, 3.63) is 34.3 Å². The lowest BCUT2D eigenvalue weighted by Gasteiger charge is -2.21. The maximum atomic E-state index is 10.0. The maximum Gasteiger partial charge on any atom is 0.0802 e. The largest absolute Gasteiger partial charge is 0.395 e. The van der Waals surface area contributed by atoms with Crippen LogP contribution in [0.1, 0.15) is 25.0 Å². The summed E-state index contributed by atoms with van der Waals surface area (Å²) in [5.41, 5.74) is 0.938. The molecule has 0 spiro atoms. The predicted molar refractivity (Wildman–Crippen MR) is 72.9 cm³/mol. The van der Waals surface area contributed by atoms with Crippen LogP contribution in [0, 0.1) is 0 Å². The van der Waals surface area contributed by atoms with Gasteiger partial charge in [0.15, 0.2) is 0 Å². The van der Waals surface area contributed by atoms with E-state index < -0.39 is 6.10 Å². The fourth-order valence-corrected chi connectivity index (χ4v) is 1.99. The number of likely N-dealkylation sites (N-methyl/N-ethyl adjacent to an activating group) is 1. The first-order valence-corrected chi connectivity index (χ1v) is 6.73. The van der Waals surface area contributed by atoms with Crippen molar-refractivity contribution in [1.82, 2.24) is 4.90 Å². The molecule has 1 aromatic rings. The first kappa shape index (κ1) is 14.6. The maximum absolute atomic E-state index is 10.0. The van der Waals surface area contributed by atoms with Crippen LogP contribution in [0.25, 0.3) is 0 Å². The minimum absolute atomic E-state index is 0.169. The average molecular weight is 302 g/mol. The Morgan fingerprint density at radius 2 is 1.88 bits per heavy atom. The van der Waals surface area contributed by atoms with Crippen LogP contribution in [0.5, 0.6) is 0 Å². The molecule has 0 aliphatic rings. The van der Waals surface area contributed by atoms with Gasteiger partial charge in [0.2, 0.25) is 0 Å². The number of hydrogen-bond donors (Lipinski definition) is 2. The lowest BCUT2D eigenvalue weighted by molar-refractivity contribution is 0.133. The molecule has 0 amide bonds. The number of halogens is 1. The minimum Gasteiger partial charge on any atom is -0.395 e. The van der Waals surface area contributed by atoms with Crippen molar-refractivity contribution in [2.24, 2.45) is 0 Å². The first-order chi connectivity index (χ1) is 8.17. The minimum atomic E-state index is -0.434. The van der Waals surface area contributed by atoms with Crippen molar-refractivity contribution < 1.29 is 10.2 Å². The molecular weight excluding hydrogens is 282 g/mol. The molecule has 0 radical (unpaired) electrons. The van der Waals surface area contributed by atoms with Gasteiger partial charge in [-0.1, -0.05) is 35.0 Å². The molecule has 96 valence electrons. The van der Waals surface area contributed by atoms with E-state index in [1.54, 1.807) is 0 Å². The Morgan fingerprint density at radius 1 is 1.24 bits per heavy atom. The number of aliphatic hydroxyl groups is 2. The summed E-state index contributed by atoms with van der Waals surface area (Å²) in [5.74, 6) is 0. The molecule has 1 rings (SSSR count). The smallest absolute Gasteiger partial charge is 0.0802 e. The third kappa shape index (κ3) is 5.17. The molecule has 4 heteroatoms. The number of aliphatic hydroxyl groups excluding tert-OH is 2. The summed E-state index contributed by atoms with van der Waals surface area (Å²) in [6.07, 6.45) is 0.256. The van der Waals surface area contributed by atoms with Crippen molar-refractivity contribution >= 4 is 15.9 Å². The summed E-state index contributed by atoms with van der Waals surface area (Å²) in [7, 11) is 0. The van der Waals surface area contributed by atoms with Gasteiger partial charge >= 0.3 is 0 Å². The van der Waals surface area contributed by atoms with Crippen LogP contribution in [0.3, 0.4) is 0 Å². The molecule has 0 heterocycles.